The van der Waals surface area contributed by atoms with Crippen LogP contribution in [0.5, 0.6) is 0 Å². The Kier molecular flexibility index (Phi) is 5.15. The second kappa shape index (κ2) is 6.46. The van der Waals surface area contributed by atoms with Crippen LogP contribution < -0.4 is 5.32 Å². The van der Waals surface area contributed by atoms with Gasteiger partial charge in [-0.1, -0.05) is 6.92 Å². The van der Waals surface area contributed by atoms with Crippen LogP contribution >= 0.6 is 11.8 Å². The molecule has 110 valence electrons. The van der Waals surface area contributed by atoms with Crippen molar-refractivity contribution in [2.45, 2.75) is 56.4 Å². The third kappa shape index (κ3) is 3.86. The Morgan fingerprint density at radius 2 is 2.16 bits per heavy atom. The average Bonchev–Trinajstić information content (AvgIpc) is 3.27. The second-order valence-corrected chi connectivity index (χ2v) is 7.12. The summed E-state index contributed by atoms with van der Waals surface area (Å²) in [6.07, 6.45) is 4.53. The molecule has 5 heteroatoms. The zero-order valence-corrected chi connectivity index (χ0v) is 12.7. The molecule has 0 heterocycles. The van der Waals surface area contributed by atoms with Gasteiger partial charge in [-0.3, -0.25) is 10.1 Å². The van der Waals surface area contributed by atoms with E-state index in [1.807, 2.05) is 13.8 Å². The Morgan fingerprint density at radius 3 is 2.63 bits per heavy atom. The number of carbonyl (C=O) groups excluding carboxylic acids is 1. The summed E-state index contributed by atoms with van der Waals surface area (Å²) in [5.41, 5.74) is -0.523. The fourth-order valence-electron chi connectivity index (χ4n) is 2.32. The van der Waals surface area contributed by atoms with E-state index >= 15 is 0 Å². The molecule has 2 unspecified atom stereocenters. The highest BCUT2D eigenvalue weighted by molar-refractivity contribution is 8.00. The van der Waals surface area contributed by atoms with Crippen LogP contribution in [0.3, 0.4) is 0 Å². The molecule has 0 saturated heterocycles. The second-order valence-electron chi connectivity index (χ2n) is 5.69. The Labute approximate surface area is 119 Å². The summed E-state index contributed by atoms with van der Waals surface area (Å²) in [7, 11) is 0. The minimum absolute atomic E-state index is 0.0953. The lowest BCUT2D eigenvalue weighted by molar-refractivity contribution is -0.151. The minimum Gasteiger partial charge on any atom is -0.465 e. The zero-order valence-electron chi connectivity index (χ0n) is 11.9. The van der Waals surface area contributed by atoms with E-state index in [1.165, 1.54) is 0 Å². The Hall–Kier alpha value is -0.260. The van der Waals surface area contributed by atoms with Crippen LogP contribution in [0.4, 0.5) is 0 Å². The largest absolute Gasteiger partial charge is 0.465 e. The molecule has 0 spiro atoms. The third-order valence-electron chi connectivity index (χ3n) is 3.81. The molecule has 0 bridgehead atoms. The molecule has 0 radical (unpaired) electrons. The van der Waals surface area contributed by atoms with E-state index in [4.69, 9.17) is 9.84 Å². The van der Waals surface area contributed by atoms with E-state index in [1.54, 1.807) is 11.8 Å². The SMILES string of the molecule is CCOC(=O)C(CSC(C)CO)(NC1CC1)C1CC1. The van der Waals surface area contributed by atoms with Crippen molar-refractivity contribution >= 4 is 17.7 Å². The summed E-state index contributed by atoms with van der Waals surface area (Å²) >= 11 is 1.66. The van der Waals surface area contributed by atoms with Crippen LogP contribution in [0.2, 0.25) is 0 Å². The molecule has 2 aliphatic carbocycles. The molecule has 0 amide bonds. The van der Waals surface area contributed by atoms with Crippen LogP contribution in [-0.4, -0.2) is 46.9 Å². The van der Waals surface area contributed by atoms with Gasteiger partial charge in [0.1, 0.15) is 5.54 Å². The fourth-order valence-corrected chi connectivity index (χ4v) is 3.41. The predicted octanol–water partition coefficient (Wildman–Crippen LogP) is 1.56. The first-order chi connectivity index (χ1) is 9.12. The topological polar surface area (TPSA) is 58.6 Å². The van der Waals surface area contributed by atoms with Gasteiger partial charge in [-0.2, -0.15) is 11.8 Å². The van der Waals surface area contributed by atoms with Crippen molar-refractivity contribution in [2.75, 3.05) is 19.0 Å². The van der Waals surface area contributed by atoms with E-state index in [0.717, 1.165) is 25.7 Å². The maximum absolute atomic E-state index is 12.5. The van der Waals surface area contributed by atoms with Gasteiger partial charge in [0.05, 0.1) is 13.2 Å². The van der Waals surface area contributed by atoms with Gasteiger partial charge in [0.2, 0.25) is 0 Å². The number of thioether (sulfide) groups is 1. The van der Waals surface area contributed by atoms with Gasteiger partial charge >= 0.3 is 5.97 Å². The number of hydrogen-bond donors (Lipinski definition) is 2. The van der Waals surface area contributed by atoms with Crippen molar-refractivity contribution in [3.05, 3.63) is 0 Å². The van der Waals surface area contributed by atoms with Crippen LogP contribution in [0.15, 0.2) is 0 Å². The summed E-state index contributed by atoms with van der Waals surface area (Å²) in [6, 6.07) is 0.482. The lowest BCUT2D eigenvalue weighted by Crippen LogP contribution is -2.58. The molecule has 0 aliphatic heterocycles. The first-order valence-electron chi connectivity index (χ1n) is 7.29. The molecule has 4 nitrogen and oxygen atoms in total. The van der Waals surface area contributed by atoms with E-state index in [0.29, 0.717) is 24.3 Å². The van der Waals surface area contributed by atoms with Crippen LogP contribution in [0.25, 0.3) is 0 Å². The fraction of sp³-hybridized carbons (Fsp3) is 0.929. The van der Waals surface area contributed by atoms with E-state index in [9.17, 15) is 4.79 Å². The first-order valence-corrected chi connectivity index (χ1v) is 8.34. The first kappa shape index (κ1) is 15.1. The lowest BCUT2D eigenvalue weighted by atomic mass is 9.95. The van der Waals surface area contributed by atoms with E-state index in [-0.39, 0.29) is 17.8 Å². The van der Waals surface area contributed by atoms with Crippen molar-refractivity contribution in [3.63, 3.8) is 0 Å². The zero-order chi connectivity index (χ0) is 13.9. The van der Waals surface area contributed by atoms with Gasteiger partial charge in [0, 0.05) is 17.0 Å². The number of esters is 1. The minimum atomic E-state index is -0.523. The molecule has 0 aromatic carbocycles. The van der Waals surface area contributed by atoms with Crippen molar-refractivity contribution in [1.82, 2.24) is 5.32 Å². The Morgan fingerprint density at radius 1 is 1.47 bits per heavy atom. The van der Waals surface area contributed by atoms with Crippen molar-refractivity contribution in [1.29, 1.82) is 0 Å². The Bertz CT molecular complexity index is 318. The highest BCUT2D eigenvalue weighted by Gasteiger charge is 2.53. The highest BCUT2D eigenvalue weighted by Crippen LogP contribution is 2.44. The van der Waals surface area contributed by atoms with Crippen LogP contribution in [0.1, 0.15) is 39.5 Å². The summed E-state index contributed by atoms with van der Waals surface area (Å²) < 4.78 is 5.33. The molecule has 2 saturated carbocycles. The maximum atomic E-state index is 12.5. The number of rotatable bonds is 9. The van der Waals surface area contributed by atoms with E-state index in [2.05, 4.69) is 5.32 Å². The quantitative estimate of drug-likeness (QED) is 0.630. The van der Waals surface area contributed by atoms with E-state index < -0.39 is 5.54 Å². The summed E-state index contributed by atoms with van der Waals surface area (Å²) in [6.45, 7) is 4.43. The third-order valence-corrected chi connectivity index (χ3v) is 5.15. The smallest absolute Gasteiger partial charge is 0.327 e. The molecule has 0 aromatic rings. The standard InChI is InChI=1S/C14H25NO3S/c1-3-18-13(17)14(11-4-5-11,15-12-6-7-12)9-19-10(2)8-16/h10-12,15-16H,3-9H2,1-2H3. The summed E-state index contributed by atoms with van der Waals surface area (Å²) in [4.78, 5) is 12.5. The monoisotopic (exact) mass is 287 g/mol. The van der Waals surface area contributed by atoms with Gasteiger partial charge in [-0.05, 0) is 38.5 Å². The number of aliphatic hydroxyl groups excluding tert-OH is 1. The summed E-state index contributed by atoms with van der Waals surface area (Å²) in [5.74, 6) is 1.02. The number of hydrogen-bond acceptors (Lipinski definition) is 5. The molecule has 2 rings (SSSR count). The van der Waals surface area contributed by atoms with Gasteiger partial charge in [-0.25, -0.2) is 0 Å². The number of carbonyl (C=O) groups is 1. The van der Waals surface area contributed by atoms with Gasteiger partial charge < -0.3 is 9.84 Å². The molecule has 0 aromatic heterocycles. The number of nitrogens with one attached hydrogen (secondary N) is 1. The van der Waals surface area contributed by atoms with Gasteiger partial charge in [0.25, 0.3) is 0 Å². The number of ether oxygens (including phenoxy) is 1. The molecule has 2 N–H and O–H groups in total. The normalized spacial score (nSPS) is 23.7. The Balaban J connectivity index is 2.05. The van der Waals surface area contributed by atoms with Crippen molar-refractivity contribution in [2.24, 2.45) is 5.92 Å². The molecule has 2 atom stereocenters. The van der Waals surface area contributed by atoms with Crippen LogP contribution in [-0.2, 0) is 9.53 Å². The molecular weight excluding hydrogens is 262 g/mol. The average molecular weight is 287 g/mol. The van der Waals surface area contributed by atoms with Crippen molar-refractivity contribution in [3.8, 4) is 0 Å². The predicted molar refractivity (Wildman–Crippen MR) is 77.3 cm³/mol. The van der Waals surface area contributed by atoms with Crippen LogP contribution in [0, 0.1) is 5.92 Å². The molecule has 2 fully saturated rings. The maximum Gasteiger partial charge on any atom is 0.327 e. The summed E-state index contributed by atoms with van der Waals surface area (Å²) in [5, 5.41) is 12.9. The molecule has 2 aliphatic rings. The highest BCUT2D eigenvalue weighted by atomic mass is 32.2. The lowest BCUT2D eigenvalue weighted by Gasteiger charge is -2.33. The molecular formula is C14H25NO3S. The molecule has 19 heavy (non-hydrogen) atoms. The number of aliphatic hydroxyl groups is 1. The van der Waals surface area contributed by atoms with Crippen molar-refractivity contribution < 1.29 is 14.6 Å². The van der Waals surface area contributed by atoms with Gasteiger partial charge in [0.15, 0.2) is 0 Å². The van der Waals surface area contributed by atoms with Gasteiger partial charge in [-0.15, -0.1) is 0 Å².